The number of anilines is 1. The minimum absolute atomic E-state index is 0.0526. The Kier molecular flexibility index (Phi) is 7.49. The van der Waals surface area contributed by atoms with Crippen molar-refractivity contribution in [2.75, 3.05) is 11.9 Å². The van der Waals surface area contributed by atoms with Crippen LogP contribution >= 0.6 is 11.6 Å². The maximum atomic E-state index is 14.0. The molecule has 1 heterocycles. The van der Waals surface area contributed by atoms with Gasteiger partial charge < -0.3 is 20.6 Å². The van der Waals surface area contributed by atoms with Gasteiger partial charge in [-0.15, -0.1) is 0 Å². The number of carbonyl (C=O) groups excluding carboxylic acids is 2. The molecule has 7 nitrogen and oxygen atoms in total. The van der Waals surface area contributed by atoms with Crippen molar-refractivity contribution in [2.45, 2.75) is 25.4 Å². The van der Waals surface area contributed by atoms with Gasteiger partial charge in [0.2, 0.25) is 5.91 Å². The first kappa shape index (κ1) is 25.1. The standard InChI is InChI=1S/C26H22ClF2N3O4/c27-20-13-21(28)18(12-22(20)29)14-30-26(36)32-11-1-2-23(32)24(33)31-19-9-7-16(8-10-19)15-3-5-17(6-4-15)25(34)35/h3-10,12-13,23H,1-2,11,14H2,(H,30,36)(H,31,33)(H,34,35)/t23-/m1/s1. The lowest BCUT2D eigenvalue weighted by Gasteiger charge is -2.24. The largest absolute Gasteiger partial charge is 0.478 e. The van der Waals surface area contributed by atoms with Crippen LogP contribution < -0.4 is 10.6 Å². The summed E-state index contributed by atoms with van der Waals surface area (Å²) in [5.41, 5.74) is 2.35. The highest BCUT2D eigenvalue weighted by Gasteiger charge is 2.34. The van der Waals surface area contributed by atoms with E-state index in [1.165, 1.54) is 17.0 Å². The van der Waals surface area contributed by atoms with Crippen molar-refractivity contribution in [1.29, 1.82) is 0 Å². The molecular weight excluding hydrogens is 492 g/mol. The number of nitrogens with zero attached hydrogens (tertiary/aromatic N) is 1. The van der Waals surface area contributed by atoms with E-state index in [1.54, 1.807) is 36.4 Å². The molecule has 3 amide bonds. The van der Waals surface area contributed by atoms with Crippen LogP contribution in [0.2, 0.25) is 5.02 Å². The number of hydrogen-bond acceptors (Lipinski definition) is 3. The predicted octanol–water partition coefficient (Wildman–Crippen LogP) is 5.30. The number of amides is 3. The molecule has 0 saturated carbocycles. The molecule has 0 radical (unpaired) electrons. The molecule has 4 rings (SSSR count). The minimum Gasteiger partial charge on any atom is -0.478 e. The monoisotopic (exact) mass is 513 g/mol. The Labute approximate surface area is 210 Å². The second-order valence-corrected chi connectivity index (χ2v) is 8.72. The van der Waals surface area contributed by atoms with E-state index < -0.39 is 29.7 Å². The van der Waals surface area contributed by atoms with Crippen LogP contribution in [0.25, 0.3) is 11.1 Å². The van der Waals surface area contributed by atoms with Crippen molar-refractivity contribution >= 4 is 35.2 Å². The van der Waals surface area contributed by atoms with Gasteiger partial charge in [0.25, 0.3) is 0 Å². The molecule has 3 N–H and O–H groups in total. The molecule has 1 aliphatic rings. The molecule has 3 aromatic carbocycles. The van der Waals surface area contributed by atoms with E-state index in [-0.39, 0.29) is 28.6 Å². The van der Waals surface area contributed by atoms with Gasteiger partial charge in [-0.2, -0.15) is 0 Å². The molecule has 1 saturated heterocycles. The average Bonchev–Trinajstić information content (AvgIpc) is 3.36. The van der Waals surface area contributed by atoms with Crippen LogP contribution in [0.3, 0.4) is 0 Å². The molecule has 10 heteroatoms. The fourth-order valence-corrected chi connectivity index (χ4v) is 4.18. The summed E-state index contributed by atoms with van der Waals surface area (Å²) in [5, 5.41) is 14.0. The van der Waals surface area contributed by atoms with Crippen molar-refractivity contribution in [2.24, 2.45) is 0 Å². The lowest BCUT2D eigenvalue weighted by Crippen LogP contribution is -2.47. The molecule has 3 aromatic rings. The molecule has 1 aliphatic heterocycles. The molecular formula is C26H22ClF2N3O4. The first-order valence-corrected chi connectivity index (χ1v) is 11.5. The summed E-state index contributed by atoms with van der Waals surface area (Å²) in [7, 11) is 0. The maximum absolute atomic E-state index is 14.0. The van der Waals surface area contributed by atoms with Crippen LogP contribution in [-0.2, 0) is 11.3 Å². The quantitative estimate of drug-likeness (QED) is 0.390. The lowest BCUT2D eigenvalue weighted by molar-refractivity contribution is -0.119. The van der Waals surface area contributed by atoms with Crippen molar-refractivity contribution in [3.63, 3.8) is 0 Å². The second-order valence-electron chi connectivity index (χ2n) is 8.32. The highest BCUT2D eigenvalue weighted by Crippen LogP contribution is 2.24. The maximum Gasteiger partial charge on any atom is 0.335 e. The summed E-state index contributed by atoms with van der Waals surface area (Å²) in [6.07, 6.45) is 1.10. The fourth-order valence-electron chi connectivity index (χ4n) is 4.03. The summed E-state index contributed by atoms with van der Waals surface area (Å²) in [5.74, 6) is -2.88. The molecule has 0 bridgehead atoms. The topological polar surface area (TPSA) is 98.7 Å². The Bertz CT molecular complexity index is 1300. The molecule has 0 aromatic heterocycles. The number of nitrogens with one attached hydrogen (secondary N) is 2. The predicted molar refractivity (Wildman–Crippen MR) is 131 cm³/mol. The van der Waals surface area contributed by atoms with Gasteiger partial charge in [-0.1, -0.05) is 35.9 Å². The Morgan fingerprint density at radius 3 is 2.25 bits per heavy atom. The van der Waals surface area contributed by atoms with E-state index in [1.807, 2.05) is 0 Å². The number of carboxylic acid groups (broad SMARTS) is 1. The third-order valence-electron chi connectivity index (χ3n) is 5.95. The van der Waals surface area contributed by atoms with Crippen molar-refractivity contribution in [3.05, 3.63) is 88.4 Å². The summed E-state index contributed by atoms with van der Waals surface area (Å²) >= 11 is 5.55. The van der Waals surface area contributed by atoms with E-state index in [0.717, 1.165) is 23.3 Å². The lowest BCUT2D eigenvalue weighted by atomic mass is 10.0. The Balaban J connectivity index is 1.36. The van der Waals surface area contributed by atoms with Crippen LogP contribution in [0.15, 0.2) is 60.7 Å². The van der Waals surface area contributed by atoms with Gasteiger partial charge in [0.05, 0.1) is 10.6 Å². The normalized spacial score (nSPS) is 15.0. The number of rotatable bonds is 6. The smallest absolute Gasteiger partial charge is 0.335 e. The van der Waals surface area contributed by atoms with Gasteiger partial charge in [-0.3, -0.25) is 4.79 Å². The van der Waals surface area contributed by atoms with Crippen LogP contribution in [0.5, 0.6) is 0 Å². The first-order chi connectivity index (χ1) is 17.2. The third kappa shape index (κ3) is 5.63. The number of urea groups is 1. The van der Waals surface area contributed by atoms with Crippen molar-refractivity contribution in [1.82, 2.24) is 10.2 Å². The van der Waals surface area contributed by atoms with Gasteiger partial charge in [-0.05, 0) is 60.4 Å². The molecule has 1 atom stereocenters. The number of hydrogen-bond donors (Lipinski definition) is 3. The number of carboxylic acids is 1. The highest BCUT2D eigenvalue weighted by molar-refractivity contribution is 6.30. The zero-order valence-electron chi connectivity index (χ0n) is 18.9. The Hall–Kier alpha value is -3.98. The van der Waals surface area contributed by atoms with Crippen molar-refractivity contribution < 1.29 is 28.3 Å². The fraction of sp³-hybridized carbons (Fsp3) is 0.192. The second kappa shape index (κ2) is 10.7. The van der Waals surface area contributed by atoms with Gasteiger partial charge in [0, 0.05) is 24.3 Å². The Morgan fingerprint density at radius 1 is 0.972 bits per heavy atom. The minimum atomic E-state index is -1.000. The van der Waals surface area contributed by atoms with E-state index >= 15 is 0 Å². The molecule has 0 unspecified atom stereocenters. The zero-order valence-corrected chi connectivity index (χ0v) is 19.7. The van der Waals surface area contributed by atoms with Gasteiger partial charge >= 0.3 is 12.0 Å². The molecule has 36 heavy (non-hydrogen) atoms. The zero-order chi connectivity index (χ0) is 25.8. The van der Waals surface area contributed by atoms with Crippen molar-refractivity contribution in [3.8, 4) is 11.1 Å². The average molecular weight is 514 g/mol. The van der Waals surface area contributed by atoms with Crippen LogP contribution in [0.1, 0.15) is 28.8 Å². The van der Waals surface area contributed by atoms with Crippen LogP contribution in [-0.4, -0.2) is 40.5 Å². The summed E-state index contributed by atoms with van der Waals surface area (Å²) in [4.78, 5) is 37.9. The number of benzene rings is 3. The SMILES string of the molecule is O=C(O)c1ccc(-c2ccc(NC(=O)[C@H]3CCCN3C(=O)NCc3cc(F)c(Cl)cc3F)cc2)cc1. The number of halogens is 3. The van der Waals surface area contributed by atoms with Gasteiger partial charge in [0.1, 0.15) is 17.7 Å². The van der Waals surface area contributed by atoms with Crippen LogP contribution in [0.4, 0.5) is 19.3 Å². The Morgan fingerprint density at radius 2 is 1.61 bits per heavy atom. The summed E-state index contributed by atoms with van der Waals surface area (Å²) < 4.78 is 27.6. The number of aromatic carboxylic acids is 1. The molecule has 1 fully saturated rings. The van der Waals surface area contributed by atoms with E-state index in [4.69, 9.17) is 16.7 Å². The first-order valence-electron chi connectivity index (χ1n) is 11.2. The summed E-state index contributed by atoms with van der Waals surface area (Å²) in [6.45, 7) is 0.102. The molecule has 186 valence electrons. The summed E-state index contributed by atoms with van der Waals surface area (Å²) in [6, 6.07) is 14.0. The van der Waals surface area contributed by atoms with E-state index in [0.29, 0.717) is 25.1 Å². The van der Waals surface area contributed by atoms with Gasteiger partial charge in [-0.25, -0.2) is 18.4 Å². The van der Waals surface area contributed by atoms with E-state index in [9.17, 15) is 23.2 Å². The molecule has 0 aliphatic carbocycles. The van der Waals surface area contributed by atoms with Gasteiger partial charge in [0.15, 0.2) is 0 Å². The third-order valence-corrected chi connectivity index (χ3v) is 6.24. The highest BCUT2D eigenvalue weighted by atomic mass is 35.5. The number of carbonyl (C=O) groups is 3. The number of likely N-dealkylation sites (tertiary alicyclic amines) is 1. The van der Waals surface area contributed by atoms with E-state index in [2.05, 4.69) is 10.6 Å². The molecule has 0 spiro atoms. The van der Waals surface area contributed by atoms with Crippen LogP contribution in [0, 0.1) is 11.6 Å².